The fourth-order valence-corrected chi connectivity index (χ4v) is 8.00. The number of rotatable bonds is 11. The lowest BCUT2D eigenvalue weighted by Gasteiger charge is -2.20. The third-order valence-electron chi connectivity index (χ3n) is 5.57. The number of benzene rings is 3. The van der Waals surface area contributed by atoms with Crippen molar-refractivity contribution in [2.24, 2.45) is 0 Å². The lowest BCUT2D eigenvalue weighted by molar-refractivity contribution is 0.356. The van der Waals surface area contributed by atoms with Crippen LogP contribution in [0.1, 0.15) is 11.1 Å². The second kappa shape index (κ2) is 12.6. The lowest BCUT2D eigenvalue weighted by Crippen LogP contribution is -2.26. The maximum atomic E-state index is 14.2. The molecule has 0 atom stereocenters. The standard InChI is InChI=1S/C27H20F2N3O7PS2/c1-36-24-5-3-4-21(27(24)37-2)25-10-11-26(41-25)42(34,35)32-16-40(33,38-19-8-6-17(14-30)22(28)12-19)39-20-9-7-18(15-31)23(29)13-20/h3-13,32H,16H2,1-2H3. The molecule has 0 spiro atoms. The van der Waals surface area contributed by atoms with Crippen molar-refractivity contribution in [2.45, 2.75) is 4.21 Å². The number of nitrogens with one attached hydrogen (secondary N) is 1. The SMILES string of the molecule is COc1cccc(-c2ccc(S(=O)(=O)NCP(=O)(Oc3ccc(C#N)c(F)c3)Oc3ccc(C#N)c(F)c3)s2)c1OC. The monoisotopic (exact) mass is 631 g/mol. The van der Waals surface area contributed by atoms with Gasteiger partial charge in [0.05, 0.1) is 25.3 Å². The molecule has 1 N–H and O–H groups in total. The highest BCUT2D eigenvalue weighted by atomic mass is 32.2. The molecule has 15 heteroatoms. The van der Waals surface area contributed by atoms with Crippen LogP contribution in [-0.2, 0) is 14.6 Å². The summed E-state index contributed by atoms with van der Waals surface area (Å²) < 4.78 is 92.1. The van der Waals surface area contributed by atoms with Gasteiger partial charge in [0.25, 0.3) is 10.0 Å². The Kier molecular flexibility index (Phi) is 9.14. The van der Waals surface area contributed by atoms with Crippen molar-refractivity contribution in [3.63, 3.8) is 0 Å². The Balaban J connectivity index is 1.63. The van der Waals surface area contributed by atoms with Gasteiger partial charge in [-0.1, -0.05) is 6.07 Å². The molecule has 0 unspecified atom stereocenters. The number of para-hydroxylation sites is 1. The first-order chi connectivity index (χ1) is 20.0. The average molecular weight is 632 g/mol. The number of hydrogen-bond acceptors (Lipinski definition) is 10. The molecule has 216 valence electrons. The molecule has 0 bridgehead atoms. The molecule has 1 aromatic heterocycles. The van der Waals surface area contributed by atoms with Crippen molar-refractivity contribution < 1.29 is 40.3 Å². The van der Waals surface area contributed by atoms with Crippen LogP contribution in [0.3, 0.4) is 0 Å². The number of halogens is 2. The molecule has 0 aliphatic rings. The Morgan fingerprint density at radius 3 is 1.98 bits per heavy atom. The number of hydrogen-bond donors (Lipinski definition) is 1. The number of thiophene rings is 1. The van der Waals surface area contributed by atoms with Gasteiger partial charge in [-0.15, -0.1) is 11.3 Å². The quantitative estimate of drug-likeness (QED) is 0.196. The van der Waals surface area contributed by atoms with Crippen molar-refractivity contribution >= 4 is 29.0 Å². The van der Waals surface area contributed by atoms with Crippen LogP contribution in [0.2, 0.25) is 0 Å². The van der Waals surface area contributed by atoms with Crippen LogP contribution in [0.25, 0.3) is 10.4 Å². The fourth-order valence-electron chi connectivity index (χ4n) is 3.62. The van der Waals surface area contributed by atoms with Crippen LogP contribution >= 0.6 is 18.9 Å². The van der Waals surface area contributed by atoms with E-state index < -0.39 is 35.5 Å². The highest BCUT2D eigenvalue weighted by Crippen LogP contribution is 2.48. The molecule has 42 heavy (non-hydrogen) atoms. The third kappa shape index (κ3) is 6.70. The van der Waals surface area contributed by atoms with Gasteiger partial charge in [0.2, 0.25) is 0 Å². The van der Waals surface area contributed by atoms with Crippen LogP contribution in [0, 0.1) is 34.3 Å². The minimum Gasteiger partial charge on any atom is -0.493 e. The van der Waals surface area contributed by atoms with Crippen molar-refractivity contribution in [1.29, 1.82) is 10.5 Å². The fraction of sp³-hybridized carbons (Fsp3) is 0.111. The first-order valence-corrected chi connectivity index (χ1v) is 15.7. The van der Waals surface area contributed by atoms with Gasteiger partial charge in [-0.25, -0.2) is 21.8 Å². The molecule has 0 aliphatic carbocycles. The molecule has 0 saturated heterocycles. The molecule has 0 saturated carbocycles. The van der Waals surface area contributed by atoms with E-state index in [9.17, 15) is 21.8 Å². The van der Waals surface area contributed by atoms with E-state index in [0.29, 0.717) is 21.9 Å². The van der Waals surface area contributed by atoms with Crippen LogP contribution < -0.4 is 23.2 Å². The number of nitriles is 2. The summed E-state index contributed by atoms with van der Waals surface area (Å²) in [6.07, 6.45) is -0.950. The molecule has 0 amide bonds. The van der Waals surface area contributed by atoms with Crippen molar-refractivity contribution in [1.82, 2.24) is 4.72 Å². The van der Waals surface area contributed by atoms with Gasteiger partial charge in [0.15, 0.2) is 11.5 Å². The predicted molar refractivity (Wildman–Crippen MR) is 149 cm³/mol. The van der Waals surface area contributed by atoms with Gasteiger partial charge in [-0.3, -0.25) is 0 Å². The predicted octanol–water partition coefficient (Wildman–Crippen LogP) is 6.04. The van der Waals surface area contributed by atoms with E-state index in [1.165, 1.54) is 20.3 Å². The van der Waals surface area contributed by atoms with Crippen LogP contribution in [-0.4, -0.2) is 28.9 Å². The van der Waals surface area contributed by atoms with Crippen LogP contribution in [0.15, 0.2) is 70.9 Å². The smallest absolute Gasteiger partial charge is 0.445 e. The van der Waals surface area contributed by atoms with Gasteiger partial charge < -0.3 is 18.5 Å². The van der Waals surface area contributed by atoms with Crippen molar-refractivity contribution in [3.8, 4) is 45.6 Å². The average Bonchev–Trinajstić information content (AvgIpc) is 3.47. The molecular weight excluding hydrogens is 611 g/mol. The zero-order valence-electron chi connectivity index (χ0n) is 21.8. The maximum Gasteiger partial charge on any atom is 0.445 e. The topological polar surface area (TPSA) is 148 Å². The first kappa shape index (κ1) is 30.5. The summed E-state index contributed by atoms with van der Waals surface area (Å²) in [5.74, 6) is -1.80. The lowest BCUT2D eigenvalue weighted by atomic mass is 10.1. The molecular formula is C27H20F2N3O7PS2. The summed E-state index contributed by atoms with van der Waals surface area (Å²) in [7, 11) is -5.95. The van der Waals surface area contributed by atoms with Gasteiger partial charge >= 0.3 is 7.60 Å². The van der Waals surface area contributed by atoms with E-state index in [0.717, 1.165) is 47.7 Å². The van der Waals surface area contributed by atoms with Crippen molar-refractivity contribution in [2.75, 3.05) is 20.5 Å². The summed E-state index contributed by atoms with van der Waals surface area (Å²) >= 11 is 0.895. The minimum atomic E-state index is -4.56. The summed E-state index contributed by atoms with van der Waals surface area (Å²) in [6, 6.07) is 17.2. The second-order valence-corrected chi connectivity index (χ2v) is 13.2. The van der Waals surface area contributed by atoms with Crippen LogP contribution in [0.4, 0.5) is 8.78 Å². The van der Waals surface area contributed by atoms with E-state index in [4.69, 9.17) is 29.0 Å². The Morgan fingerprint density at radius 1 is 0.881 bits per heavy atom. The Hall–Kier alpha value is -4.46. The Morgan fingerprint density at radius 2 is 1.48 bits per heavy atom. The zero-order valence-corrected chi connectivity index (χ0v) is 24.4. The van der Waals surface area contributed by atoms with E-state index in [1.54, 1.807) is 36.4 Å². The number of ether oxygens (including phenoxy) is 2. The Labute approximate surface area is 243 Å². The summed E-state index contributed by atoms with van der Waals surface area (Å²) in [5, 5.41) is 17.9. The van der Waals surface area contributed by atoms with Gasteiger partial charge in [0.1, 0.15) is 45.8 Å². The molecule has 4 rings (SSSR count). The number of sulfonamides is 1. The summed E-state index contributed by atoms with van der Waals surface area (Å²) in [6.45, 7) is 0. The van der Waals surface area contributed by atoms with E-state index in [2.05, 4.69) is 4.72 Å². The van der Waals surface area contributed by atoms with Gasteiger partial charge in [-0.2, -0.15) is 15.2 Å². The van der Waals surface area contributed by atoms with Gasteiger partial charge in [-0.05, 0) is 48.5 Å². The third-order valence-corrected chi connectivity index (χ3v) is 10.3. The van der Waals surface area contributed by atoms with Gasteiger partial charge in [0, 0.05) is 22.6 Å². The molecule has 0 fully saturated rings. The van der Waals surface area contributed by atoms with E-state index in [1.807, 2.05) is 0 Å². The minimum absolute atomic E-state index is 0.150. The highest BCUT2D eigenvalue weighted by Gasteiger charge is 2.32. The largest absolute Gasteiger partial charge is 0.493 e. The molecule has 10 nitrogen and oxygen atoms in total. The number of nitrogens with zero attached hydrogens (tertiary/aromatic N) is 2. The molecule has 3 aromatic carbocycles. The van der Waals surface area contributed by atoms with E-state index in [-0.39, 0.29) is 26.8 Å². The normalized spacial score (nSPS) is 11.3. The first-order valence-electron chi connectivity index (χ1n) is 11.7. The Bertz CT molecular complexity index is 1820. The molecule has 0 aliphatic heterocycles. The summed E-state index contributed by atoms with van der Waals surface area (Å²) in [4.78, 5) is 0.530. The maximum absolute atomic E-state index is 14.2. The van der Waals surface area contributed by atoms with Crippen LogP contribution in [0.5, 0.6) is 23.0 Å². The second-order valence-electron chi connectivity index (χ2n) is 8.27. The molecule has 1 heterocycles. The number of methoxy groups -OCH3 is 2. The zero-order chi connectivity index (χ0) is 30.5. The molecule has 4 aromatic rings. The summed E-state index contributed by atoms with van der Waals surface area (Å²) in [5.41, 5.74) is -0.0467. The van der Waals surface area contributed by atoms with Crippen molar-refractivity contribution in [3.05, 3.63) is 89.5 Å². The molecule has 0 radical (unpaired) electrons. The van der Waals surface area contributed by atoms with E-state index >= 15 is 0 Å². The highest BCUT2D eigenvalue weighted by molar-refractivity contribution is 7.92.